The molecule has 0 spiro atoms. The molecular formula is C16H41NO3S. The van der Waals surface area contributed by atoms with Gasteiger partial charge in [-0.3, -0.25) is 0 Å². The van der Waals surface area contributed by atoms with E-state index >= 15 is 0 Å². The minimum Gasteiger partial charge on any atom is -0.369 e. The summed E-state index contributed by atoms with van der Waals surface area (Å²) < 4.78 is 31.2. The lowest BCUT2D eigenvalue weighted by Gasteiger charge is -2.41. The van der Waals surface area contributed by atoms with Crippen LogP contribution < -0.4 is 0 Å². The molecule has 0 aromatic carbocycles. The maximum absolute atomic E-state index is 11.9. The summed E-state index contributed by atoms with van der Waals surface area (Å²) in [6.45, 7) is 15.8. The molecule has 0 aromatic heterocycles. The lowest BCUT2D eigenvalue weighted by Crippen LogP contribution is -2.53. The van der Waals surface area contributed by atoms with Gasteiger partial charge >= 0.3 is 0 Å². The molecule has 0 unspecified atom stereocenters. The van der Waals surface area contributed by atoms with E-state index in [4.69, 9.17) is 4.74 Å². The summed E-state index contributed by atoms with van der Waals surface area (Å²) in [4.78, 5) is 0. The monoisotopic (exact) mass is 327 g/mol. The van der Waals surface area contributed by atoms with Crippen LogP contribution in [0.15, 0.2) is 0 Å². The van der Waals surface area contributed by atoms with Crippen molar-refractivity contribution in [2.75, 3.05) is 12.8 Å². The summed E-state index contributed by atoms with van der Waals surface area (Å²) in [7, 11) is -3.26. The average molecular weight is 328 g/mol. The Balaban J connectivity index is -0.000000482. The second-order valence-electron chi connectivity index (χ2n) is 7.41. The molecule has 0 radical (unpaired) electrons. The molecule has 134 valence electrons. The third-order valence-electron chi connectivity index (χ3n) is 2.26. The average Bonchev–Trinajstić information content (AvgIpc) is 1.90. The number of sulfonamides is 1. The van der Waals surface area contributed by atoms with Crippen molar-refractivity contribution in [3.63, 3.8) is 0 Å². The number of ether oxygens (including phenoxy) is 1. The largest absolute Gasteiger partial charge is 0.369 e. The quantitative estimate of drug-likeness (QED) is 0.761. The Labute approximate surface area is 135 Å². The smallest absolute Gasteiger partial charge is 0.211 e. The Kier molecular flexibility index (Phi) is 11.7. The van der Waals surface area contributed by atoms with Crippen LogP contribution in [0.5, 0.6) is 0 Å². The van der Waals surface area contributed by atoms with Crippen molar-refractivity contribution >= 4 is 10.0 Å². The van der Waals surface area contributed by atoms with Crippen LogP contribution >= 0.6 is 0 Å². The summed E-state index contributed by atoms with van der Waals surface area (Å²) in [5, 5.41) is 0. The minimum absolute atomic E-state index is 0. The summed E-state index contributed by atoms with van der Waals surface area (Å²) in [6, 6.07) is 0. The van der Waals surface area contributed by atoms with Crippen LogP contribution in [0.2, 0.25) is 0 Å². The molecule has 5 heteroatoms. The van der Waals surface area contributed by atoms with Gasteiger partial charge in [0.2, 0.25) is 10.0 Å². The minimum atomic E-state index is -3.26. The molecule has 0 atom stereocenters. The van der Waals surface area contributed by atoms with Gasteiger partial charge in [-0.05, 0) is 55.4 Å². The Bertz CT molecular complexity index is 373. The highest BCUT2D eigenvalue weighted by molar-refractivity contribution is 7.88. The predicted molar refractivity (Wildman–Crippen MR) is 96.4 cm³/mol. The van der Waals surface area contributed by atoms with Crippen molar-refractivity contribution in [3.8, 4) is 0 Å². The van der Waals surface area contributed by atoms with Gasteiger partial charge in [-0.25, -0.2) is 8.42 Å². The Morgan fingerprint density at radius 1 is 0.857 bits per heavy atom. The zero-order valence-corrected chi connectivity index (χ0v) is 14.1. The Morgan fingerprint density at radius 2 is 1.19 bits per heavy atom. The van der Waals surface area contributed by atoms with Crippen LogP contribution in [-0.2, 0) is 14.8 Å². The topological polar surface area (TPSA) is 46.6 Å². The summed E-state index contributed by atoms with van der Waals surface area (Å²) in [5.74, 6) is 0. The fourth-order valence-electron chi connectivity index (χ4n) is 2.06. The third kappa shape index (κ3) is 12.1. The first-order chi connectivity index (χ1) is 7.55. The fraction of sp³-hybridized carbons (Fsp3) is 1.00. The summed E-state index contributed by atoms with van der Waals surface area (Å²) in [6.07, 6.45) is 1.24. The van der Waals surface area contributed by atoms with Gasteiger partial charge in [-0.2, -0.15) is 4.31 Å². The van der Waals surface area contributed by atoms with Crippen molar-refractivity contribution in [2.45, 2.75) is 94.4 Å². The first-order valence-electron chi connectivity index (χ1n) is 6.23. The molecule has 0 N–H and O–H groups in total. The lowest BCUT2D eigenvalue weighted by atomic mass is 10.0. The predicted octanol–water partition coefficient (Wildman–Crippen LogP) is 4.55. The number of hydrogen-bond donors (Lipinski definition) is 0. The van der Waals surface area contributed by atoms with Crippen LogP contribution in [0.3, 0.4) is 0 Å². The summed E-state index contributed by atoms with van der Waals surface area (Å²) in [5.41, 5.74) is -1.29. The van der Waals surface area contributed by atoms with E-state index < -0.39 is 21.2 Å². The Morgan fingerprint density at radius 3 is 1.38 bits per heavy atom. The van der Waals surface area contributed by atoms with E-state index in [1.54, 1.807) is 0 Å². The van der Waals surface area contributed by atoms with Gasteiger partial charge in [-0.1, -0.05) is 22.3 Å². The maximum Gasteiger partial charge on any atom is 0.211 e. The molecule has 0 aliphatic carbocycles. The van der Waals surface area contributed by atoms with Gasteiger partial charge < -0.3 is 4.74 Å². The number of hydrogen-bond acceptors (Lipinski definition) is 3. The molecule has 0 aliphatic rings. The van der Waals surface area contributed by atoms with E-state index in [0.29, 0.717) is 6.54 Å². The van der Waals surface area contributed by atoms with Gasteiger partial charge in [0.15, 0.2) is 0 Å². The second-order valence-corrected chi connectivity index (χ2v) is 9.32. The van der Waals surface area contributed by atoms with E-state index in [2.05, 4.69) is 0 Å². The van der Waals surface area contributed by atoms with Gasteiger partial charge in [0, 0.05) is 12.1 Å². The highest BCUT2D eigenvalue weighted by Crippen LogP contribution is 2.26. The normalized spacial score (nSPS) is 13.0. The maximum atomic E-state index is 11.9. The fourth-order valence-corrected chi connectivity index (χ4v) is 3.60. The van der Waals surface area contributed by atoms with Crippen LogP contribution in [0.25, 0.3) is 0 Å². The molecule has 0 bridgehead atoms. The van der Waals surface area contributed by atoms with Crippen molar-refractivity contribution in [3.05, 3.63) is 0 Å². The number of rotatable bonds is 4. The molecule has 0 rings (SSSR count). The van der Waals surface area contributed by atoms with E-state index in [-0.39, 0.29) is 27.9 Å². The van der Waals surface area contributed by atoms with Crippen molar-refractivity contribution in [2.24, 2.45) is 0 Å². The third-order valence-corrected chi connectivity index (χ3v) is 3.73. The standard InChI is InChI=1S/C13H29NO3S.3CH4/c1-11(2,3)14(18(9,15)16)10-13(7,8)17-12(4,5)6;;;/h10H2,1-9H3;3*1H4. The van der Waals surface area contributed by atoms with Gasteiger partial charge in [0.1, 0.15) is 0 Å². The summed E-state index contributed by atoms with van der Waals surface area (Å²) >= 11 is 0. The SMILES string of the molecule is C.C.C.CC(C)(C)OC(C)(C)CN(C(C)(C)C)S(C)(=O)=O. The van der Waals surface area contributed by atoms with Crippen LogP contribution in [0, 0.1) is 0 Å². The molecule has 0 aliphatic heterocycles. The van der Waals surface area contributed by atoms with Crippen molar-refractivity contribution in [1.29, 1.82) is 0 Å². The highest BCUT2D eigenvalue weighted by Gasteiger charge is 2.36. The van der Waals surface area contributed by atoms with Gasteiger partial charge in [-0.15, -0.1) is 0 Å². The highest BCUT2D eigenvalue weighted by atomic mass is 32.2. The molecule has 0 aromatic rings. The molecule has 21 heavy (non-hydrogen) atoms. The van der Waals surface area contributed by atoms with Crippen LogP contribution in [0.1, 0.15) is 77.7 Å². The van der Waals surface area contributed by atoms with Gasteiger partial charge in [0.05, 0.1) is 17.5 Å². The molecular weight excluding hydrogens is 286 g/mol. The molecule has 0 saturated heterocycles. The van der Waals surface area contributed by atoms with E-state index in [1.165, 1.54) is 10.6 Å². The van der Waals surface area contributed by atoms with Crippen molar-refractivity contribution in [1.82, 2.24) is 4.31 Å². The Hall–Kier alpha value is -0.130. The molecule has 0 amide bonds. The van der Waals surface area contributed by atoms with Crippen LogP contribution in [-0.4, -0.2) is 42.3 Å². The first kappa shape index (κ1) is 29.0. The first-order valence-corrected chi connectivity index (χ1v) is 8.07. The zero-order valence-electron chi connectivity index (χ0n) is 13.3. The van der Waals surface area contributed by atoms with E-state index in [1.807, 2.05) is 55.4 Å². The van der Waals surface area contributed by atoms with Gasteiger partial charge in [0.25, 0.3) is 0 Å². The van der Waals surface area contributed by atoms with E-state index in [0.717, 1.165) is 0 Å². The zero-order chi connectivity index (χ0) is 15.0. The lowest BCUT2D eigenvalue weighted by molar-refractivity contribution is -0.121. The number of nitrogens with zero attached hydrogens (tertiary/aromatic N) is 1. The second kappa shape index (κ2) is 8.49. The molecule has 0 saturated carbocycles. The van der Waals surface area contributed by atoms with E-state index in [9.17, 15) is 8.42 Å². The molecule has 0 fully saturated rings. The van der Waals surface area contributed by atoms with Crippen LogP contribution in [0.4, 0.5) is 0 Å². The molecule has 4 nitrogen and oxygen atoms in total. The molecule has 0 heterocycles. The van der Waals surface area contributed by atoms with Crippen molar-refractivity contribution < 1.29 is 13.2 Å².